The Morgan fingerprint density at radius 3 is 2.37 bits per heavy atom. The van der Waals surface area contributed by atoms with E-state index in [2.05, 4.69) is 10.5 Å². The van der Waals surface area contributed by atoms with Crippen LogP contribution in [0.15, 0.2) is 82.8 Å². The van der Waals surface area contributed by atoms with E-state index in [0.717, 1.165) is 26.9 Å². The standard InChI is InChI=1S/C29H28Cl2N4O5S/c1-19-15-21(20(2)35(19)26-14-9-22(30)16-25(26)31)17-32-33-29(36)18-34(27-7-5-6-8-28(27)40-4)41(37,38)24-12-10-23(39-3)11-13-24/h5-17H,18H2,1-4H3,(H,33,36)/b32-17-. The number of para-hydroxylation sites is 2. The molecule has 1 N–H and O–H groups in total. The summed E-state index contributed by atoms with van der Waals surface area (Å²) < 4.78 is 40.8. The largest absolute Gasteiger partial charge is 0.497 e. The van der Waals surface area contributed by atoms with Gasteiger partial charge < -0.3 is 14.0 Å². The minimum Gasteiger partial charge on any atom is -0.497 e. The number of amides is 1. The lowest BCUT2D eigenvalue weighted by Crippen LogP contribution is -2.39. The Bertz CT molecular complexity index is 1700. The molecule has 0 unspecified atom stereocenters. The summed E-state index contributed by atoms with van der Waals surface area (Å²) in [4.78, 5) is 13.0. The minimum atomic E-state index is -4.17. The Labute approximate surface area is 249 Å². The molecule has 3 aromatic carbocycles. The van der Waals surface area contributed by atoms with E-state index in [1.165, 1.54) is 44.7 Å². The first-order valence-corrected chi connectivity index (χ1v) is 14.5. The summed E-state index contributed by atoms with van der Waals surface area (Å²) in [7, 11) is -1.26. The van der Waals surface area contributed by atoms with Gasteiger partial charge in [0.05, 0.1) is 41.7 Å². The number of hydrazone groups is 1. The second-order valence-electron chi connectivity index (χ2n) is 8.91. The third-order valence-corrected chi connectivity index (χ3v) is 8.61. The number of aromatic nitrogens is 1. The molecule has 0 saturated heterocycles. The van der Waals surface area contributed by atoms with Crippen LogP contribution >= 0.6 is 23.2 Å². The summed E-state index contributed by atoms with van der Waals surface area (Å²) in [5, 5.41) is 5.11. The lowest BCUT2D eigenvalue weighted by molar-refractivity contribution is -0.119. The minimum absolute atomic E-state index is 0.0196. The highest BCUT2D eigenvalue weighted by molar-refractivity contribution is 7.92. The van der Waals surface area contributed by atoms with Gasteiger partial charge in [-0.25, -0.2) is 13.8 Å². The van der Waals surface area contributed by atoms with Crippen molar-refractivity contribution in [2.24, 2.45) is 5.10 Å². The Balaban J connectivity index is 1.59. The molecule has 214 valence electrons. The first-order valence-electron chi connectivity index (χ1n) is 12.3. The Morgan fingerprint density at radius 1 is 1.00 bits per heavy atom. The van der Waals surface area contributed by atoms with E-state index >= 15 is 0 Å². The van der Waals surface area contributed by atoms with Gasteiger partial charge in [0.1, 0.15) is 18.0 Å². The molecule has 9 nitrogen and oxygen atoms in total. The van der Waals surface area contributed by atoms with Gasteiger partial charge >= 0.3 is 0 Å². The van der Waals surface area contributed by atoms with E-state index in [1.807, 2.05) is 30.5 Å². The number of nitrogens with zero attached hydrogens (tertiary/aromatic N) is 3. The highest BCUT2D eigenvalue weighted by Gasteiger charge is 2.29. The zero-order chi connectivity index (χ0) is 29.7. The van der Waals surface area contributed by atoms with Crippen molar-refractivity contribution in [2.75, 3.05) is 25.1 Å². The van der Waals surface area contributed by atoms with E-state index in [4.69, 9.17) is 32.7 Å². The van der Waals surface area contributed by atoms with Gasteiger partial charge in [0.2, 0.25) is 0 Å². The average Bonchev–Trinajstić information content (AvgIpc) is 3.24. The fraction of sp³-hybridized carbons (Fsp3) is 0.172. The highest BCUT2D eigenvalue weighted by atomic mass is 35.5. The van der Waals surface area contributed by atoms with Crippen molar-refractivity contribution >= 4 is 51.0 Å². The maximum atomic E-state index is 13.7. The second kappa shape index (κ2) is 12.7. The molecular weight excluding hydrogens is 587 g/mol. The Hall–Kier alpha value is -3.99. The molecule has 0 aliphatic carbocycles. The molecule has 1 aromatic heterocycles. The van der Waals surface area contributed by atoms with Gasteiger partial charge in [-0.05, 0) is 74.5 Å². The topological polar surface area (TPSA) is 102 Å². The van der Waals surface area contributed by atoms with Gasteiger partial charge in [-0.2, -0.15) is 5.10 Å². The normalized spacial score (nSPS) is 11.5. The molecule has 0 aliphatic rings. The van der Waals surface area contributed by atoms with Gasteiger partial charge in [-0.15, -0.1) is 0 Å². The summed E-state index contributed by atoms with van der Waals surface area (Å²) in [6, 6.07) is 19.6. The quantitative estimate of drug-likeness (QED) is 0.181. The average molecular weight is 616 g/mol. The lowest BCUT2D eigenvalue weighted by atomic mass is 10.2. The molecule has 1 amide bonds. The zero-order valence-electron chi connectivity index (χ0n) is 22.8. The van der Waals surface area contributed by atoms with Crippen LogP contribution in [-0.4, -0.2) is 45.9 Å². The molecule has 0 radical (unpaired) electrons. The van der Waals surface area contributed by atoms with E-state index in [-0.39, 0.29) is 16.3 Å². The third kappa shape index (κ3) is 6.51. The number of ether oxygens (including phenoxy) is 2. The molecule has 0 spiro atoms. The first kappa shape index (κ1) is 30.0. The van der Waals surface area contributed by atoms with Crippen LogP contribution in [0.2, 0.25) is 10.0 Å². The van der Waals surface area contributed by atoms with Gasteiger partial charge in [-0.1, -0.05) is 35.3 Å². The second-order valence-corrected chi connectivity index (χ2v) is 11.6. The number of carbonyl (C=O) groups excluding carboxylic acids is 1. The maximum absolute atomic E-state index is 13.7. The van der Waals surface area contributed by atoms with Gasteiger partial charge in [0.15, 0.2) is 0 Å². The Kier molecular flexibility index (Phi) is 9.27. The molecule has 12 heteroatoms. The molecule has 4 aromatic rings. The van der Waals surface area contributed by atoms with Gasteiger partial charge in [-0.3, -0.25) is 9.10 Å². The molecule has 41 heavy (non-hydrogen) atoms. The van der Waals surface area contributed by atoms with Crippen LogP contribution in [-0.2, 0) is 14.8 Å². The van der Waals surface area contributed by atoms with E-state index in [1.54, 1.807) is 36.4 Å². The van der Waals surface area contributed by atoms with Crippen molar-refractivity contribution in [3.05, 3.63) is 99.8 Å². The van der Waals surface area contributed by atoms with Crippen LogP contribution in [0, 0.1) is 13.8 Å². The Morgan fingerprint density at radius 2 is 1.71 bits per heavy atom. The number of hydrogen-bond acceptors (Lipinski definition) is 6. The van der Waals surface area contributed by atoms with Crippen molar-refractivity contribution in [1.29, 1.82) is 0 Å². The fourth-order valence-corrected chi connectivity index (χ4v) is 6.23. The molecule has 0 aliphatic heterocycles. The van der Waals surface area contributed by atoms with Crippen LogP contribution in [0.5, 0.6) is 11.5 Å². The molecule has 0 saturated carbocycles. The lowest BCUT2D eigenvalue weighted by Gasteiger charge is -2.25. The van der Waals surface area contributed by atoms with Crippen molar-refractivity contribution < 1.29 is 22.7 Å². The van der Waals surface area contributed by atoms with E-state index in [9.17, 15) is 13.2 Å². The number of aryl methyl sites for hydroxylation is 1. The summed E-state index contributed by atoms with van der Waals surface area (Å²) in [6.07, 6.45) is 1.49. The SMILES string of the molecule is COc1ccc(S(=O)(=O)N(CC(=O)N/N=C\c2cc(C)n(-c3ccc(Cl)cc3Cl)c2C)c2ccccc2OC)cc1. The van der Waals surface area contributed by atoms with Gasteiger partial charge in [0.25, 0.3) is 15.9 Å². The molecule has 1 heterocycles. The van der Waals surface area contributed by atoms with Crippen LogP contribution in [0.3, 0.4) is 0 Å². The molecule has 0 bridgehead atoms. The van der Waals surface area contributed by atoms with Gasteiger partial charge in [0, 0.05) is 22.0 Å². The number of nitrogens with one attached hydrogen (secondary N) is 1. The number of anilines is 1. The summed E-state index contributed by atoms with van der Waals surface area (Å²) in [6.45, 7) is 3.26. The summed E-state index contributed by atoms with van der Waals surface area (Å²) in [5.74, 6) is 0.130. The zero-order valence-corrected chi connectivity index (χ0v) is 25.1. The van der Waals surface area contributed by atoms with Crippen molar-refractivity contribution in [3.8, 4) is 17.2 Å². The van der Waals surface area contributed by atoms with Crippen molar-refractivity contribution in [1.82, 2.24) is 9.99 Å². The summed E-state index contributed by atoms with van der Waals surface area (Å²) >= 11 is 12.5. The molecule has 0 fully saturated rings. The summed E-state index contributed by atoms with van der Waals surface area (Å²) in [5.41, 5.74) is 5.86. The van der Waals surface area contributed by atoms with Crippen LogP contribution in [0.4, 0.5) is 5.69 Å². The van der Waals surface area contributed by atoms with Crippen LogP contribution in [0.1, 0.15) is 17.0 Å². The number of halogens is 2. The van der Waals surface area contributed by atoms with E-state index in [0.29, 0.717) is 15.8 Å². The third-order valence-electron chi connectivity index (χ3n) is 6.30. The molecule has 4 rings (SSSR count). The van der Waals surface area contributed by atoms with Crippen molar-refractivity contribution in [2.45, 2.75) is 18.7 Å². The monoisotopic (exact) mass is 614 g/mol. The number of rotatable bonds is 10. The highest BCUT2D eigenvalue weighted by Crippen LogP contribution is 2.33. The predicted octanol–water partition coefficient (Wildman–Crippen LogP) is 5.76. The van der Waals surface area contributed by atoms with E-state index < -0.39 is 22.5 Å². The smallest absolute Gasteiger partial charge is 0.264 e. The number of benzene rings is 3. The van der Waals surface area contributed by atoms with Crippen molar-refractivity contribution in [3.63, 3.8) is 0 Å². The number of hydrogen-bond donors (Lipinski definition) is 1. The number of sulfonamides is 1. The number of carbonyl (C=O) groups is 1. The molecule has 0 atom stereocenters. The molecular formula is C29H28Cl2N4O5S. The maximum Gasteiger partial charge on any atom is 0.264 e. The van der Waals surface area contributed by atoms with Crippen LogP contribution < -0.4 is 19.2 Å². The number of methoxy groups -OCH3 is 2. The first-order chi connectivity index (χ1) is 19.6. The fourth-order valence-electron chi connectivity index (χ4n) is 4.30. The van der Waals surface area contributed by atoms with Crippen LogP contribution in [0.25, 0.3) is 5.69 Å². The predicted molar refractivity (Wildman–Crippen MR) is 162 cm³/mol.